The number of esters is 2. The summed E-state index contributed by atoms with van der Waals surface area (Å²) in [5.74, 6) is -2.00. The number of nitrogens with zero attached hydrogens (tertiary/aromatic N) is 1. The van der Waals surface area contributed by atoms with Crippen molar-refractivity contribution in [3.63, 3.8) is 0 Å². The minimum Gasteiger partial charge on any atom is -0.386 e. The van der Waals surface area contributed by atoms with Crippen LogP contribution in [0.2, 0.25) is 0 Å². The molecule has 2 aromatic carbocycles. The molecule has 0 saturated heterocycles. The molecular weight excluding hydrogens is 342 g/mol. The molecule has 0 bridgehead atoms. The number of carbonyl (C=O) groups excluding carboxylic acids is 3. The topological polar surface area (TPSA) is 73.3 Å². The van der Waals surface area contributed by atoms with Crippen LogP contribution in [0.3, 0.4) is 0 Å². The summed E-state index contributed by atoms with van der Waals surface area (Å²) >= 11 is 0. The van der Waals surface area contributed by atoms with E-state index >= 15 is 0 Å². The molecule has 134 valence electrons. The molecule has 3 aromatic rings. The van der Waals surface area contributed by atoms with Gasteiger partial charge < -0.3 is 4.74 Å². The minimum absolute atomic E-state index is 0.0410. The lowest BCUT2D eigenvalue weighted by Crippen LogP contribution is -2.16. The van der Waals surface area contributed by atoms with Crippen molar-refractivity contribution in [2.24, 2.45) is 0 Å². The molecule has 0 radical (unpaired) electrons. The van der Waals surface area contributed by atoms with E-state index < -0.39 is 11.9 Å². The van der Waals surface area contributed by atoms with Crippen molar-refractivity contribution in [1.82, 2.24) is 4.98 Å². The number of ketones is 1. The maximum absolute atomic E-state index is 12.8. The average Bonchev–Trinajstić information content (AvgIpc) is 2.73. The summed E-state index contributed by atoms with van der Waals surface area (Å²) in [5, 5.41) is 0. The summed E-state index contributed by atoms with van der Waals surface area (Å²) in [7, 11) is 0. The summed E-state index contributed by atoms with van der Waals surface area (Å²) in [5.41, 5.74) is 1.96. The molecule has 3 rings (SSSR count). The van der Waals surface area contributed by atoms with Crippen molar-refractivity contribution in [2.45, 2.75) is 13.3 Å². The monoisotopic (exact) mass is 359 g/mol. The van der Waals surface area contributed by atoms with Gasteiger partial charge in [0, 0.05) is 23.5 Å². The van der Waals surface area contributed by atoms with Crippen LogP contribution in [0.4, 0.5) is 0 Å². The second-order valence-corrected chi connectivity index (χ2v) is 5.84. The third kappa shape index (κ3) is 4.15. The van der Waals surface area contributed by atoms with Crippen molar-refractivity contribution in [2.75, 3.05) is 0 Å². The molecule has 0 aliphatic rings. The Hall–Kier alpha value is -3.60. The fourth-order valence-electron chi connectivity index (χ4n) is 2.59. The van der Waals surface area contributed by atoms with E-state index in [0.29, 0.717) is 5.56 Å². The molecule has 0 spiro atoms. The summed E-state index contributed by atoms with van der Waals surface area (Å²) in [6.07, 6.45) is 3.69. The van der Waals surface area contributed by atoms with Gasteiger partial charge in [-0.25, -0.2) is 9.59 Å². The molecule has 27 heavy (non-hydrogen) atoms. The number of pyridine rings is 1. The number of hydrogen-bond donors (Lipinski definition) is 0. The fourth-order valence-corrected chi connectivity index (χ4v) is 2.59. The van der Waals surface area contributed by atoms with Crippen LogP contribution in [0.25, 0.3) is 0 Å². The Bertz CT molecular complexity index is 979. The molecule has 1 heterocycles. The van der Waals surface area contributed by atoms with Crippen LogP contribution in [0.5, 0.6) is 0 Å². The molecule has 0 amide bonds. The molecule has 5 nitrogen and oxygen atoms in total. The zero-order valence-corrected chi connectivity index (χ0v) is 14.7. The molecular formula is C22H17NO4. The first-order chi connectivity index (χ1) is 13.1. The molecule has 0 N–H and O–H groups in total. The van der Waals surface area contributed by atoms with E-state index in [2.05, 4.69) is 4.98 Å². The number of carbonyl (C=O) groups is 3. The summed E-state index contributed by atoms with van der Waals surface area (Å²) in [4.78, 5) is 41.2. The zero-order valence-electron chi connectivity index (χ0n) is 14.7. The van der Waals surface area contributed by atoms with Gasteiger partial charge in [0.1, 0.15) is 0 Å². The predicted molar refractivity (Wildman–Crippen MR) is 99.7 cm³/mol. The largest absolute Gasteiger partial charge is 0.386 e. The standard InChI is InChI=1S/C22H17NO4/c1-2-15-9-11-16(12-10-15)20(24)18-7-3-4-8-19(18)22(26)27-21(25)17-6-5-13-23-14-17/h3-14H,2H2,1H3. The van der Waals surface area contributed by atoms with Crippen LogP contribution in [0.1, 0.15) is 49.1 Å². The van der Waals surface area contributed by atoms with Gasteiger partial charge in [0.05, 0.1) is 11.1 Å². The van der Waals surface area contributed by atoms with E-state index in [1.807, 2.05) is 19.1 Å². The van der Waals surface area contributed by atoms with Gasteiger partial charge in [0.2, 0.25) is 0 Å². The normalized spacial score (nSPS) is 10.3. The quantitative estimate of drug-likeness (QED) is 0.393. The number of hydrogen-bond acceptors (Lipinski definition) is 5. The van der Waals surface area contributed by atoms with Gasteiger partial charge in [-0.3, -0.25) is 9.78 Å². The maximum Gasteiger partial charge on any atom is 0.347 e. The summed E-state index contributed by atoms with van der Waals surface area (Å²) in [6.45, 7) is 2.03. The smallest absolute Gasteiger partial charge is 0.347 e. The van der Waals surface area contributed by atoms with Gasteiger partial charge in [0.15, 0.2) is 5.78 Å². The highest BCUT2D eigenvalue weighted by molar-refractivity contribution is 6.15. The van der Waals surface area contributed by atoms with Crippen LogP contribution in [-0.4, -0.2) is 22.7 Å². The van der Waals surface area contributed by atoms with Crippen LogP contribution >= 0.6 is 0 Å². The lowest BCUT2D eigenvalue weighted by molar-refractivity contribution is 0.0395. The van der Waals surface area contributed by atoms with Gasteiger partial charge >= 0.3 is 11.9 Å². The molecule has 5 heteroatoms. The van der Waals surface area contributed by atoms with Gasteiger partial charge in [-0.1, -0.05) is 49.4 Å². The Balaban J connectivity index is 1.85. The predicted octanol–water partition coefficient (Wildman–Crippen LogP) is 3.87. The average molecular weight is 359 g/mol. The Kier molecular flexibility index (Phi) is 5.52. The van der Waals surface area contributed by atoms with E-state index in [0.717, 1.165) is 12.0 Å². The Morgan fingerprint density at radius 2 is 1.52 bits per heavy atom. The zero-order chi connectivity index (χ0) is 19.2. The van der Waals surface area contributed by atoms with Crippen molar-refractivity contribution >= 4 is 17.7 Å². The van der Waals surface area contributed by atoms with E-state index in [-0.39, 0.29) is 22.5 Å². The number of benzene rings is 2. The first-order valence-electron chi connectivity index (χ1n) is 8.49. The molecule has 0 fully saturated rings. The van der Waals surface area contributed by atoms with Crippen LogP contribution in [-0.2, 0) is 11.2 Å². The Morgan fingerprint density at radius 3 is 2.15 bits per heavy atom. The number of aromatic nitrogens is 1. The van der Waals surface area contributed by atoms with Gasteiger partial charge in [-0.05, 0) is 30.2 Å². The fraction of sp³-hybridized carbons (Fsp3) is 0.0909. The molecule has 0 saturated carbocycles. The van der Waals surface area contributed by atoms with Crippen molar-refractivity contribution in [1.29, 1.82) is 0 Å². The summed E-state index contributed by atoms with van der Waals surface area (Å²) in [6, 6.07) is 16.5. The molecule has 0 atom stereocenters. The van der Waals surface area contributed by atoms with Crippen molar-refractivity contribution < 1.29 is 19.1 Å². The number of ether oxygens (including phenoxy) is 1. The Morgan fingerprint density at radius 1 is 0.815 bits per heavy atom. The third-order valence-corrected chi connectivity index (χ3v) is 4.10. The SMILES string of the molecule is CCc1ccc(C(=O)c2ccccc2C(=O)OC(=O)c2cccnc2)cc1. The van der Waals surface area contributed by atoms with E-state index in [1.165, 1.54) is 24.5 Å². The third-order valence-electron chi connectivity index (χ3n) is 4.10. The minimum atomic E-state index is -0.877. The van der Waals surface area contributed by atoms with Crippen LogP contribution in [0.15, 0.2) is 73.1 Å². The van der Waals surface area contributed by atoms with E-state index in [1.54, 1.807) is 36.4 Å². The maximum atomic E-state index is 12.8. The highest BCUT2D eigenvalue weighted by atomic mass is 16.6. The first-order valence-corrected chi connectivity index (χ1v) is 8.49. The van der Waals surface area contributed by atoms with Gasteiger partial charge in [0.25, 0.3) is 0 Å². The molecule has 0 aliphatic heterocycles. The molecule has 0 unspecified atom stereocenters. The van der Waals surface area contributed by atoms with E-state index in [9.17, 15) is 14.4 Å². The first kappa shape index (κ1) is 18.2. The van der Waals surface area contributed by atoms with Crippen LogP contribution in [0, 0.1) is 0 Å². The second-order valence-electron chi connectivity index (χ2n) is 5.84. The highest BCUT2D eigenvalue weighted by Gasteiger charge is 2.22. The second kappa shape index (κ2) is 8.19. The van der Waals surface area contributed by atoms with E-state index in [4.69, 9.17) is 4.74 Å². The van der Waals surface area contributed by atoms with Gasteiger partial charge in [-0.2, -0.15) is 0 Å². The molecule has 0 aliphatic carbocycles. The molecule has 1 aromatic heterocycles. The lowest BCUT2D eigenvalue weighted by Gasteiger charge is -2.08. The van der Waals surface area contributed by atoms with Gasteiger partial charge in [-0.15, -0.1) is 0 Å². The lowest BCUT2D eigenvalue weighted by atomic mass is 9.97. The summed E-state index contributed by atoms with van der Waals surface area (Å²) < 4.78 is 4.92. The number of rotatable bonds is 5. The van der Waals surface area contributed by atoms with Crippen molar-refractivity contribution in [3.05, 3.63) is 101 Å². The Labute approximate surface area is 156 Å². The number of aryl methyl sites for hydroxylation is 1. The highest BCUT2D eigenvalue weighted by Crippen LogP contribution is 2.17. The van der Waals surface area contributed by atoms with Crippen LogP contribution < -0.4 is 0 Å². The van der Waals surface area contributed by atoms with Crippen molar-refractivity contribution in [3.8, 4) is 0 Å².